The molecule has 2 aromatic rings. The fourth-order valence-electron chi connectivity index (χ4n) is 2.07. The van der Waals surface area contributed by atoms with Crippen LogP contribution in [0.4, 0.5) is 5.69 Å². The van der Waals surface area contributed by atoms with Gasteiger partial charge in [-0.05, 0) is 24.6 Å². The zero-order chi connectivity index (χ0) is 14.1. The van der Waals surface area contributed by atoms with Gasteiger partial charge in [0.1, 0.15) is 0 Å². The molecule has 0 radical (unpaired) electrons. The number of aromatic nitrogens is 3. The maximum atomic E-state index is 12.1. The predicted octanol–water partition coefficient (Wildman–Crippen LogP) is 1.81. The van der Waals surface area contributed by atoms with Gasteiger partial charge in [-0.25, -0.2) is 4.68 Å². The molecule has 0 atom stereocenters. The van der Waals surface area contributed by atoms with Gasteiger partial charge in [-0.2, -0.15) is 0 Å². The molecule has 1 N–H and O–H groups in total. The van der Waals surface area contributed by atoms with Gasteiger partial charge in [0.15, 0.2) is 5.69 Å². The van der Waals surface area contributed by atoms with E-state index in [4.69, 9.17) is 11.6 Å². The topological polar surface area (TPSA) is 63.1 Å². The Balaban J connectivity index is 1.93. The van der Waals surface area contributed by atoms with Crippen LogP contribution in [0.5, 0.6) is 0 Å². The van der Waals surface area contributed by atoms with Gasteiger partial charge in [-0.1, -0.05) is 16.8 Å². The first-order chi connectivity index (χ1) is 9.69. The van der Waals surface area contributed by atoms with Gasteiger partial charge in [-0.15, -0.1) is 5.10 Å². The average Bonchev–Trinajstić information content (AvgIpc) is 2.86. The van der Waals surface area contributed by atoms with Gasteiger partial charge < -0.3 is 10.2 Å². The lowest BCUT2D eigenvalue weighted by Crippen LogP contribution is -2.42. The maximum Gasteiger partial charge on any atom is 0.276 e. The highest BCUT2D eigenvalue weighted by atomic mass is 35.5. The van der Waals surface area contributed by atoms with Crippen molar-refractivity contribution in [1.82, 2.24) is 19.9 Å². The summed E-state index contributed by atoms with van der Waals surface area (Å²) in [6, 6.07) is 5.43. The van der Waals surface area contributed by atoms with Gasteiger partial charge in [0, 0.05) is 25.2 Å². The smallest absolute Gasteiger partial charge is 0.276 e. The van der Waals surface area contributed by atoms with Crippen LogP contribution >= 0.6 is 11.6 Å². The number of halogens is 1. The van der Waals surface area contributed by atoms with Crippen molar-refractivity contribution in [3.05, 3.63) is 35.1 Å². The Hall–Kier alpha value is -2.08. The van der Waals surface area contributed by atoms with E-state index in [1.807, 2.05) is 13.1 Å². The van der Waals surface area contributed by atoms with Crippen LogP contribution in [0.1, 0.15) is 16.9 Å². The monoisotopic (exact) mass is 291 g/mol. The quantitative estimate of drug-likeness (QED) is 0.937. The van der Waals surface area contributed by atoms with Crippen molar-refractivity contribution in [3.63, 3.8) is 0 Å². The van der Waals surface area contributed by atoms with Gasteiger partial charge in [-0.3, -0.25) is 4.79 Å². The van der Waals surface area contributed by atoms with Crippen LogP contribution in [0.25, 0.3) is 5.69 Å². The Kier molecular flexibility index (Phi) is 3.31. The minimum atomic E-state index is -0.0736. The predicted molar refractivity (Wildman–Crippen MR) is 76.4 cm³/mol. The molecule has 0 saturated carbocycles. The summed E-state index contributed by atoms with van der Waals surface area (Å²) < 4.78 is 1.56. The summed E-state index contributed by atoms with van der Waals surface area (Å²) in [7, 11) is 1.82. The highest BCUT2D eigenvalue weighted by Crippen LogP contribution is 2.23. The van der Waals surface area contributed by atoms with Gasteiger partial charge in [0.2, 0.25) is 0 Å². The third-order valence-corrected chi connectivity index (χ3v) is 3.57. The molecule has 0 bridgehead atoms. The van der Waals surface area contributed by atoms with E-state index in [1.54, 1.807) is 27.9 Å². The van der Waals surface area contributed by atoms with Gasteiger partial charge in [0.05, 0.1) is 17.6 Å². The SMILES string of the molecule is CNc1ccc(Cl)cc1-n1cc(C(=O)N2CCC2)nn1. The van der Waals surface area contributed by atoms with Crippen LogP contribution in [0.15, 0.2) is 24.4 Å². The van der Waals surface area contributed by atoms with Crippen LogP contribution in [-0.4, -0.2) is 45.9 Å². The van der Waals surface area contributed by atoms with E-state index in [-0.39, 0.29) is 5.91 Å². The van der Waals surface area contributed by atoms with Crippen LogP contribution in [0.3, 0.4) is 0 Å². The van der Waals surface area contributed by atoms with Gasteiger partial charge in [0.25, 0.3) is 5.91 Å². The van der Waals surface area contributed by atoms with Crippen molar-refractivity contribution in [1.29, 1.82) is 0 Å². The first-order valence-electron chi connectivity index (χ1n) is 6.38. The van der Waals surface area contributed by atoms with Crippen molar-refractivity contribution in [2.24, 2.45) is 0 Å². The Bertz CT molecular complexity index is 650. The Labute approximate surface area is 121 Å². The Morgan fingerprint density at radius 1 is 1.40 bits per heavy atom. The molecule has 1 aliphatic heterocycles. The lowest BCUT2D eigenvalue weighted by molar-refractivity contribution is 0.0645. The second kappa shape index (κ2) is 5.13. The molecule has 2 heterocycles. The number of benzene rings is 1. The fourth-order valence-corrected chi connectivity index (χ4v) is 2.23. The number of amides is 1. The number of nitrogens with one attached hydrogen (secondary N) is 1. The molecule has 7 heteroatoms. The van der Waals surface area contributed by atoms with Crippen molar-refractivity contribution < 1.29 is 4.79 Å². The Morgan fingerprint density at radius 3 is 2.85 bits per heavy atom. The molecule has 1 aromatic heterocycles. The lowest BCUT2D eigenvalue weighted by atomic mass is 10.2. The third-order valence-electron chi connectivity index (χ3n) is 3.33. The summed E-state index contributed by atoms with van der Waals surface area (Å²) in [5.74, 6) is -0.0736. The molecule has 0 unspecified atom stereocenters. The number of nitrogens with zero attached hydrogens (tertiary/aromatic N) is 4. The number of carbonyl (C=O) groups is 1. The number of carbonyl (C=O) groups excluding carboxylic acids is 1. The van der Waals surface area contributed by atoms with Gasteiger partial charge >= 0.3 is 0 Å². The zero-order valence-electron chi connectivity index (χ0n) is 11.0. The van der Waals surface area contributed by atoms with E-state index in [9.17, 15) is 4.79 Å². The molecule has 104 valence electrons. The van der Waals surface area contributed by atoms with Crippen molar-refractivity contribution >= 4 is 23.2 Å². The molecule has 1 saturated heterocycles. The molecule has 1 amide bonds. The highest BCUT2D eigenvalue weighted by molar-refractivity contribution is 6.30. The fraction of sp³-hybridized carbons (Fsp3) is 0.308. The number of anilines is 1. The molecule has 0 spiro atoms. The normalized spacial score (nSPS) is 14.0. The second-order valence-corrected chi connectivity index (χ2v) is 5.04. The average molecular weight is 292 g/mol. The van der Waals surface area contributed by atoms with Crippen LogP contribution in [0, 0.1) is 0 Å². The van der Waals surface area contributed by atoms with Crippen molar-refractivity contribution in [3.8, 4) is 5.69 Å². The number of hydrogen-bond donors (Lipinski definition) is 1. The van der Waals surface area contributed by atoms with E-state index >= 15 is 0 Å². The third kappa shape index (κ3) is 2.22. The summed E-state index contributed by atoms with van der Waals surface area (Å²) in [4.78, 5) is 13.8. The first kappa shape index (κ1) is 12.9. The van der Waals surface area contributed by atoms with E-state index in [0.717, 1.165) is 30.9 Å². The van der Waals surface area contributed by atoms with Crippen LogP contribution < -0.4 is 5.32 Å². The number of likely N-dealkylation sites (tertiary alicyclic amines) is 1. The van der Waals surface area contributed by atoms with E-state index in [0.29, 0.717) is 10.7 Å². The van der Waals surface area contributed by atoms with E-state index in [2.05, 4.69) is 15.6 Å². The highest BCUT2D eigenvalue weighted by Gasteiger charge is 2.24. The summed E-state index contributed by atoms with van der Waals surface area (Å²) >= 11 is 6.01. The first-order valence-corrected chi connectivity index (χ1v) is 6.76. The molecule has 1 aliphatic rings. The zero-order valence-corrected chi connectivity index (χ0v) is 11.8. The second-order valence-electron chi connectivity index (χ2n) is 4.61. The molecule has 1 fully saturated rings. The summed E-state index contributed by atoms with van der Waals surface area (Å²) in [6.45, 7) is 1.59. The molecule has 20 heavy (non-hydrogen) atoms. The molecule has 1 aromatic carbocycles. The van der Waals surface area contributed by atoms with Crippen molar-refractivity contribution in [2.75, 3.05) is 25.5 Å². The van der Waals surface area contributed by atoms with Crippen molar-refractivity contribution in [2.45, 2.75) is 6.42 Å². The van der Waals surface area contributed by atoms with E-state index in [1.165, 1.54) is 0 Å². The van der Waals surface area contributed by atoms with Crippen LogP contribution in [0.2, 0.25) is 5.02 Å². The van der Waals surface area contributed by atoms with Crippen LogP contribution in [-0.2, 0) is 0 Å². The minimum Gasteiger partial charge on any atom is -0.386 e. The standard InChI is InChI=1S/C13H14ClN5O/c1-15-10-4-3-9(14)7-12(10)19-8-11(16-17-19)13(20)18-5-2-6-18/h3-4,7-8,15H,2,5-6H2,1H3. The summed E-state index contributed by atoms with van der Waals surface area (Å²) in [5.41, 5.74) is 1.98. The van der Waals surface area contributed by atoms with E-state index < -0.39 is 0 Å². The molecular weight excluding hydrogens is 278 g/mol. The molecular formula is C13H14ClN5O. The molecule has 6 nitrogen and oxygen atoms in total. The summed E-state index contributed by atoms with van der Waals surface area (Å²) in [6.07, 6.45) is 2.69. The number of hydrogen-bond acceptors (Lipinski definition) is 4. The molecule has 3 rings (SSSR count). The summed E-state index contributed by atoms with van der Waals surface area (Å²) in [5, 5.41) is 11.6. The number of rotatable bonds is 3. The lowest BCUT2D eigenvalue weighted by Gasteiger charge is -2.29. The maximum absolute atomic E-state index is 12.1. The largest absolute Gasteiger partial charge is 0.386 e. The molecule has 0 aliphatic carbocycles. The minimum absolute atomic E-state index is 0.0736. The Morgan fingerprint density at radius 2 is 2.20 bits per heavy atom.